The van der Waals surface area contributed by atoms with Crippen molar-refractivity contribution in [3.63, 3.8) is 0 Å². The zero-order valence-corrected chi connectivity index (χ0v) is 85.8. The number of alkyl carbamates (subject to hydrolysis) is 3. The monoisotopic (exact) mass is 2090 g/mol. The van der Waals surface area contributed by atoms with E-state index in [0.29, 0.717) is 88.7 Å². The van der Waals surface area contributed by atoms with E-state index >= 15 is 0 Å². The van der Waals surface area contributed by atoms with Gasteiger partial charge in [0.15, 0.2) is 19.8 Å². The van der Waals surface area contributed by atoms with Crippen LogP contribution in [0.25, 0.3) is 33.1 Å². The van der Waals surface area contributed by atoms with Crippen molar-refractivity contribution in [2.24, 2.45) is 51.8 Å². The van der Waals surface area contributed by atoms with Gasteiger partial charge in [0.1, 0.15) is 88.6 Å². The summed E-state index contributed by atoms with van der Waals surface area (Å²) >= 11 is 0. The van der Waals surface area contributed by atoms with E-state index in [4.69, 9.17) is 62.6 Å². The Labute approximate surface area is 850 Å². The van der Waals surface area contributed by atoms with Crippen molar-refractivity contribution in [2.45, 2.75) is 329 Å². The van der Waals surface area contributed by atoms with Gasteiger partial charge in [-0.3, -0.25) is 14.4 Å². The predicted molar refractivity (Wildman–Crippen MR) is 486 cm³/mol. The Morgan fingerprint density at radius 2 is 0.709 bits per heavy atom. The first-order valence-electron chi connectivity index (χ1n) is 48.1. The molecule has 9 heterocycles. The summed E-state index contributed by atoms with van der Waals surface area (Å²) in [7, 11) is 0. The molecule has 3 radical (unpaired) electrons. The first-order valence-corrected chi connectivity index (χ1v) is 48.1. The molecule has 6 amide bonds. The molecular weight excluding hydrogens is 1970 g/mol. The van der Waals surface area contributed by atoms with E-state index in [9.17, 15) is 82.7 Å². The van der Waals surface area contributed by atoms with Gasteiger partial charge in [-0.25, -0.2) is 63.1 Å². The van der Waals surface area contributed by atoms with Crippen LogP contribution < -0.4 is 44.4 Å². The van der Waals surface area contributed by atoms with Gasteiger partial charge in [-0.05, 0) is 179 Å². The average molecular weight is 2100 g/mol. The third-order valence-corrected chi connectivity index (χ3v) is 27.6. The largest absolute Gasteiger partial charge is 0.540 e. The number of hydrogen-bond acceptors (Lipinski definition) is 24. The Bertz CT molecular complexity index is 5370. The fourth-order valence-electron chi connectivity index (χ4n) is 19.8. The first kappa shape index (κ1) is 114. The molecule has 6 fully saturated rings. The number of fused-ring (bicyclic) bond motifs is 15. The van der Waals surface area contributed by atoms with Crippen LogP contribution in [0.4, 0.5) is 53.9 Å². The molecule has 6 aromatic rings. The number of hydrogen-bond donors (Lipinski definition) is 3. The molecule has 30 nitrogen and oxygen atoms in total. The minimum absolute atomic E-state index is 0. The first-order chi connectivity index (χ1) is 65.1. The number of ether oxygens (including phenoxy) is 9. The summed E-state index contributed by atoms with van der Waals surface area (Å²) in [6.07, 6.45) is 6.05. The standard InChI is InChI=1S/C34H44F3N4O6.C33H42F3N4O6.C32H40F3N4O6.3V/c1-5-22-26(18-42)41-17-28(22)46-30-24(38-23-15-14-21(16-25(23)39-30)45-19-34(35,36)37)12-8-6-7-10-20-11-9-13-27(20)47-32(44)40-29(31(41)43)33(2,3)4;1-6-21-25(17-41)40-16-26(21)45-28-23(37-22-13-12-20(14-24(22)38-28)44-18-33(34,35)36)11-9-7-8-10-19-15-32(19,5)46-30(43)39-27(29(40)42)31(2,3)4;1-5-20-24(16-40)39-15-26(20)44-28-22(36-21-12-11-19(14-23(21)37-28)43-17-32(33,34)35)10-8-6-7-9-18-13-25(18)45-30(42)38-27(29(39)41)31(2,3)4;;;/h14-16,20,22,26-29H,5-13,17,19H2,1-4H3,(H,40,44);12-14,19,21,25-27H,6-11,15-16,18H2,1-5H3,(H,39,43);11-12,14,18,20,24-27H,5-10,13,15,17H2,1-4H3,(H,38,42);;;/q3*-1;;;/t20-,22+,26-,27-,28+,29-;19-,21+,25-,26+,27-,32-;18-,20+,24-,25-,26+,27-;;;/m111.../s1. The van der Waals surface area contributed by atoms with Gasteiger partial charge in [-0.15, -0.1) is 0 Å². The van der Waals surface area contributed by atoms with Crippen molar-refractivity contribution >= 4 is 88.0 Å². The third kappa shape index (κ3) is 29.4. The maximum absolute atomic E-state index is 14.1. The molecular formula is C99H126F9N12O18V3-3. The number of benzene rings is 3. The minimum atomic E-state index is -4.50. The fraction of sp³-hybridized carbons (Fsp3) is 0.667. The number of carbonyl (C=O) groups excluding carboxylic acids is 9. The summed E-state index contributed by atoms with van der Waals surface area (Å²) in [5.41, 5.74) is 1.39. The Morgan fingerprint density at radius 3 is 1.04 bits per heavy atom. The Hall–Kier alpha value is -9.17. The molecule has 3 saturated carbocycles. The van der Waals surface area contributed by atoms with Crippen LogP contribution in [0.1, 0.15) is 236 Å². The van der Waals surface area contributed by atoms with E-state index in [0.717, 1.165) is 109 Å². The second-order valence-corrected chi connectivity index (χ2v) is 41.2. The van der Waals surface area contributed by atoms with Gasteiger partial charge < -0.3 is 87.7 Å². The Morgan fingerprint density at radius 1 is 0.390 bits per heavy atom. The van der Waals surface area contributed by atoms with Crippen LogP contribution in [-0.4, -0.2) is 230 Å². The topological polar surface area (TPSA) is 360 Å². The number of aryl methyl sites for hydroxylation is 3. The molecule has 42 heteroatoms. The van der Waals surface area contributed by atoms with Crippen LogP contribution in [0.5, 0.6) is 34.9 Å². The summed E-state index contributed by atoms with van der Waals surface area (Å²) < 4.78 is 167. The van der Waals surface area contributed by atoms with E-state index in [2.05, 4.69) is 25.9 Å². The normalized spacial score (nSPS) is 27.9. The molecule has 3 N–H and O–H groups in total. The maximum atomic E-state index is 14.1. The number of alkyl halides is 9. The summed E-state index contributed by atoms with van der Waals surface area (Å²) in [5.74, 6) is -1.32. The Balaban J connectivity index is 0.000000215. The second-order valence-electron chi connectivity index (χ2n) is 41.2. The van der Waals surface area contributed by atoms with Gasteiger partial charge >= 0.3 is 36.8 Å². The number of aromatic nitrogens is 6. The van der Waals surface area contributed by atoms with Gasteiger partial charge in [0.2, 0.25) is 35.4 Å². The molecule has 3 aliphatic carbocycles. The summed E-state index contributed by atoms with van der Waals surface area (Å²) in [4.78, 5) is 151. The molecule has 3 aromatic heterocycles. The Kier molecular flexibility index (Phi) is 38.6. The summed E-state index contributed by atoms with van der Waals surface area (Å²) in [6.45, 7) is 19.8. The number of halogens is 9. The quantitative estimate of drug-likeness (QED) is 0.0582. The van der Waals surface area contributed by atoms with E-state index in [1.54, 1.807) is 18.2 Å². The molecule has 3 saturated heterocycles. The van der Waals surface area contributed by atoms with Crippen molar-refractivity contribution < 1.29 is 181 Å². The average Bonchev–Trinajstić information content (AvgIpc) is 1.59. The van der Waals surface area contributed by atoms with Crippen LogP contribution in [-0.2, 0) is 118 Å². The van der Waals surface area contributed by atoms with Crippen molar-refractivity contribution in [3.05, 3.63) is 71.7 Å². The van der Waals surface area contributed by atoms with Crippen LogP contribution in [0.2, 0.25) is 0 Å². The van der Waals surface area contributed by atoms with Crippen LogP contribution in [0.15, 0.2) is 54.6 Å². The number of nitrogens with one attached hydrogen (secondary N) is 3. The molecule has 3 aromatic carbocycles. The zero-order valence-electron chi connectivity index (χ0n) is 81.6. The van der Waals surface area contributed by atoms with Gasteiger partial charge in [-0.2, -0.15) is 39.5 Å². The molecule has 9 aliphatic rings. The van der Waals surface area contributed by atoms with Crippen molar-refractivity contribution in [3.8, 4) is 34.9 Å². The SMILES string of the molecule is CC[C@@H]1[C@@H]2CN(C(=O)[C@H](C(C)(C)C)NC(=O)O[C@@H]3CCC[C@H]3CCCCCc3nc4ccc(OCC(F)(F)F)cc4nc3O2)[C@@H]1[C-]=O.CC[C@@H]1[C@@H]2CN(C(=O)[C@H](C(C)(C)C)NC(=O)O[C@@H]3C[C@H]3CCCCCc3nc4ccc(OCC(F)(F)F)cc4nc3O2)[C@@H]1[C-]=O.CC[C@@H]1[C@@H]2CN(C(=O)[C@H](C(C)(C)C)NC(=O)O[C@]3(C)C[C@H]3CCCCCc3nc4ccc(OCC(F)(F)F)cc4nc3O2)[C@@H]1[C-]=O.[V].[V].[V]. The maximum Gasteiger partial charge on any atom is 0.422 e. The van der Waals surface area contributed by atoms with E-state index in [1.165, 1.54) is 51.1 Å². The molecule has 6 aliphatic heterocycles. The van der Waals surface area contributed by atoms with Gasteiger partial charge in [-0.1, -0.05) is 159 Å². The van der Waals surface area contributed by atoms with Crippen molar-refractivity contribution in [2.75, 3.05) is 39.5 Å². The van der Waals surface area contributed by atoms with E-state index in [-0.39, 0.29) is 140 Å². The van der Waals surface area contributed by atoms with E-state index in [1.807, 2.05) is 109 Å². The number of amides is 6. The van der Waals surface area contributed by atoms with Crippen LogP contribution >= 0.6 is 0 Å². The van der Waals surface area contributed by atoms with Crippen LogP contribution in [0.3, 0.4) is 0 Å². The fourth-order valence-corrected chi connectivity index (χ4v) is 19.8. The molecule has 0 unspecified atom stereocenters. The summed E-state index contributed by atoms with van der Waals surface area (Å²) in [5, 5.41) is 8.36. The predicted octanol–water partition coefficient (Wildman–Crippen LogP) is 17.1. The molecule has 141 heavy (non-hydrogen) atoms. The van der Waals surface area contributed by atoms with Crippen LogP contribution in [0, 0.1) is 51.8 Å². The molecule has 15 rings (SSSR count). The number of rotatable bonds is 12. The third-order valence-electron chi connectivity index (χ3n) is 27.6. The molecule has 0 spiro atoms. The van der Waals surface area contributed by atoms with E-state index < -0.39 is 169 Å². The van der Waals surface area contributed by atoms with Gasteiger partial charge in [0.05, 0.1) is 52.7 Å². The van der Waals surface area contributed by atoms with Crippen molar-refractivity contribution in [1.29, 1.82) is 0 Å². The van der Waals surface area contributed by atoms with Crippen molar-refractivity contribution in [1.82, 2.24) is 60.6 Å². The zero-order chi connectivity index (χ0) is 99.9. The second kappa shape index (κ2) is 47.8. The molecule has 771 valence electrons. The number of nitrogens with zero attached hydrogens (tertiary/aromatic N) is 9. The molecule has 18 atom stereocenters. The number of carbonyl (C=O) groups is 6. The minimum Gasteiger partial charge on any atom is -0.540 e. The van der Waals surface area contributed by atoms with Gasteiger partial charge in [0.25, 0.3) is 0 Å². The smallest absolute Gasteiger partial charge is 0.422 e. The van der Waals surface area contributed by atoms with Gasteiger partial charge in [0, 0.05) is 79.8 Å². The molecule has 6 bridgehead atoms. The summed E-state index contributed by atoms with van der Waals surface area (Å²) in [6, 6.07) is 7.42.